The minimum atomic E-state index is -1.07. The molecule has 0 aliphatic heterocycles. The minimum absolute atomic E-state index is 0.0804. The molecule has 130 valence electrons. The predicted molar refractivity (Wildman–Crippen MR) is 101 cm³/mol. The summed E-state index contributed by atoms with van der Waals surface area (Å²) in [5.74, 6) is -1.39. The SMILES string of the molecule is O=C(CC(c1ccccc1)c1ccccc1)Nc1ccccc1C(=O)O. The van der Waals surface area contributed by atoms with Crippen molar-refractivity contribution in [3.05, 3.63) is 102 Å². The largest absolute Gasteiger partial charge is 0.478 e. The predicted octanol–water partition coefficient (Wildman–Crippen LogP) is 4.55. The fourth-order valence-corrected chi connectivity index (χ4v) is 2.96. The second-order valence-electron chi connectivity index (χ2n) is 5.98. The molecular weight excluding hydrogens is 326 g/mol. The van der Waals surface area contributed by atoms with Crippen LogP contribution in [-0.2, 0) is 4.79 Å². The Bertz CT molecular complexity index is 852. The molecule has 3 aromatic rings. The summed E-state index contributed by atoms with van der Waals surface area (Å²) in [5, 5.41) is 12.0. The lowest BCUT2D eigenvalue weighted by atomic mass is 9.88. The maximum absolute atomic E-state index is 12.6. The fraction of sp³-hybridized carbons (Fsp3) is 0.0909. The van der Waals surface area contributed by atoms with E-state index in [1.54, 1.807) is 18.2 Å². The zero-order valence-corrected chi connectivity index (χ0v) is 14.1. The first-order valence-electron chi connectivity index (χ1n) is 8.37. The maximum atomic E-state index is 12.6. The van der Waals surface area contributed by atoms with Crippen LogP contribution in [0.2, 0.25) is 0 Å². The van der Waals surface area contributed by atoms with Gasteiger partial charge in [-0.05, 0) is 23.3 Å². The minimum Gasteiger partial charge on any atom is -0.478 e. The number of para-hydroxylation sites is 1. The van der Waals surface area contributed by atoms with E-state index < -0.39 is 5.97 Å². The van der Waals surface area contributed by atoms with Gasteiger partial charge < -0.3 is 10.4 Å². The van der Waals surface area contributed by atoms with Crippen LogP contribution in [0.5, 0.6) is 0 Å². The molecule has 3 aromatic carbocycles. The van der Waals surface area contributed by atoms with Gasteiger partial charge in [-0.3, -0.25) is 4.79 Å². The Kier molecular flexibility index (Phi) is 5.44. The van der Waals surface area contributed by atoms with Crippen molar-refractivity contribution >= 4 is 17.6 Å². The van der Waals surface area contributed by atoms with E-state index in [0.717, 1.165) is 11.1 Å². The van der Waals surface area contributed by atoms with Gasteiger partial charge in [0.15, 0.2) is 0 Å². The molecule has 0 spiro atoms. The maximum Gasteiger partial charge on any atom is 0.337 e. The summed E-state index contributed by atoms with van der Waals surface area (Å²) in [5.41, 5.74) is 2.47. The van der Waals surface area contributed by atoms with E-state index >= 15 is 0 Å². The van der Waals surface area contributed by atoms with E-state index in [9.17, 15) is 14.7 Å². The van der Waals surface area contributed by atoms with Crippen LogP contribution < -0.4 is 5.32 Å². The number of rotatable bonds is 6. The number of benzene rings is 3. The number of amides is 1. The van der Waals surface area contributed by atoms with E-state index in [4.69, 9.17) is 0 Å². The van der Waals surface area contributed by atoms with Gasteiger partial charge in [-0.2, -0.15) is 0 Å². The molecule has 0 unspecified atom stereocenters. The summed E-state index contributed by atoms with van der Waals surface area (Å²) in [6, 6.07) is 26.1. The molecular formula is C22H19NO3. The Morgan fingerprint density at radius 2 is 1.27 bits per heavy atom. The van der Waals surface area contributed by atoms with Gasteiger partial charge in [0.2, 0.25) is 5.91 Å². The highest BCUT2D eigenvalue weighted by molar-refractivity contribution is 6.00. The van der Waals surface area contributed by atoms with E-state index in [-0.39, 0.29) is 23.8 Å². The van der Waals surface area contributed by atoms with Gasteiger partial charge in [-0.15, -0.1) is 0 Å². The molecule has 1 amide bonds. The van der Waals surface area contributed by atoms with Crippen LogP contribution >= 0.6 is 0 Å². The molecule has 3 rings (SSSR count). The summed E-state index contributed by atoms with van der Waals surface area (Å²) >= 11 is 0. The third-order valence-electron chi connectivity index (χ3n) is 4.22. The molecule has 0 aliphatic carbocycles. The lowest BCUT2D eigenvalue weighted by molar-refractivity contribution is -0.116. The molecule has 0 bridgehead atoms. The van der Waals surface area contributed by atoms with Crippen LogP contribution in [0.1, 0.15) is 33.8 Å². The van der Waals surface area contributed by atoms with Crippen molar-refractivity contribution in [3.8, 4) is 0 Å². The van der Waals surface area contributed by atoms with Crippen molar-refractivity contribution in [3.63, 3.8) is 0 Å². The van der Waals surface area contributed by atoms with E-state index in [0.29, 0.717) is 5.69 Å². The molecule has 0 atom stereocenters. The summed E-state index contributed by atoms with van der Waals surface area (Å²) < 4.78 is 0. The molecule has 2 N–H and O–H groups in total. The number of carbonyl (C=O) groups excluding carboxylic acids is 1. The highest BCUT2D eigenvalue weighted by atomic mass is 16.4. The molecule has 0 fully saturated rings. The molecule has 0 saturated carbocycles. The summed E-state index contributed by atoms with van der Waals surface area (Å²) in [6.45, 7) is 0. The van der Waals surface area contributed by atoms with Crippen LogP contribution in [0.15, 0.2) is 84.9 Å². The molecule has 0 heterocycles. The highest BCUT2D eigenvalue weighted by Crippen LogP contribution is 2.28. The molecule has 0 radical (unpaired) electrons. The number of hydrogen-bond acceptors (Lipinski definition) is 2. The third kappa shape index (κ3) is 4.16. The average Bonchev–Trinajstić information content (AvgIpc) is 2.68. The quantitative estimate of drug-likeness (QED) is 0.689. The van der Waals surface area contributed by atoms with Crippen LogP contribution in [0, 0.1) is 0 Å². The van der Waals surface area contributed by atoms with Gasteiger partial charge in [0.1, 0.15) is 0 Å². The number of nitrogens with one attached hydrogen (secondary N) is 1. The van der Waals surface area contributed by atoms with E-state index in [1.807, 2.05) is 60.7 Å². The second kappa shape index (κ2) is 8.12. The van der Waals surface area contributed by atoms with Crippen LogP contribution in [-0.4, -0.2) is 17.0 Å². The Balaban J connectivity index is 1.84. The third-order valence-corrected chi connectivity index (χ3v) is 4.22. The first-order valence-corrected chi connectivity index (χ1v) is 8.37. The number of carboxylic acid groups (broad SMARTS) is 1. The van der Waals surface area contributed by atoms with E-state index in [2.05, 4.69) is 5.32 Å². The zero-order chi connectivity index (χ0) is 18.4. The average molecular weight is 345 g/mol. The van der Waals surface area contributed by atoms with Crippen molar-refractivity contribution < 1.29 is 14.7 Å². The first-order chi connectivity index (χ1) is 12.6. The lowest BCUT2D eigenvalue weighted by Gasteiger charge is -2.18. The number of carbonyl (C=O) groups is 2. The van der Waals surface area contributed by atoms with Gasteiger partial charge >= 0.3 is 5.97 Å². The standard InChI is InChI=1S/C22H19NO3/c24-21(23-20-14-8-7-13-18(20)22(25)26)15-19(16-9-3-1-4-10-16)17-11-5-2-6-12-17/h1-14,19H,15H2,(H,23,24)(H,25,26). The molecule has 4 nitrogen and oxygen atoms in total. The van der Waals surface area contributed by atoms with Gasteiger partial charge in [0.25, 0.3) is 0 Å². The smallest absolute Gasteiger partial charge is 0.337 e. The Labute approximate surface area is 152 Å². The first kappa shape index (κ1) is 17.4. The van der Waals surface area contributed by atoms with Crippen LogP contribution in [0.3, 0.4) is 0 Å². The second-order valence-corrected chi connectivity index (χ2v) is 5.98. The zero-order valence-electron chi connectivity index (χ0n) is 14.1. The van der Waals surface area contributed by atoms with Gasteiger partial charge in [0, 0.05) is 12.3 Å². The summed E-state index contributed by atoms with van der Waals surface area (Å²) in [4.78, 5) is 24.0. The lowest BCUT2D eigenvalue weighted by Crippen LogP contribution is -2.18. The highest BCUT2D eigenvalue weighted by Gasteiger charge is 2.19. The molecule has 0 aliphatic rings. The summed E-state index contributed by atoms with van der Waals surface area (Å²) in [6.07, 6.45) is 0.224. The van der Waals surface area contributed by atoms with Gasteiger partial charge in [-0.1, -0.05) is 72.8 Å². The molecule has 0 aromatic heterocycles. The van der Waals surface area contributed by atoms with Crippen molar-refractivity contribution in [2.45, 2.75) is 12.3 Å². The van der Waals surface area contributed by atoms with Crippen LogP contribution in [0.25, 0.3) is 0 Å². The Morgan fingerprint density at radius 1 is 0.769 bits per heavy atom. The van der Waals surface area contributed by atoms with Crippen molar-refractivity contribution in [1.29, 1.82) is 0 Å². The van der Waals surface area contributed by atoms with Crippen molar-refractivity contribution in [2.75, 3.05) is 5.32 Å². The molecule has 4 heteroatoms. The molecule has 0 saturated heterocycles. The van der Waals surface area contributed by atoms with E-state index in [1.165, 1.54) is 6.07 Å². The Hall–Kier alpha value is -3.40. The molecule has 26 heavy (non-hydrogen) atoms. The van der Waals surface area contributed by atoms with Crippen LogP contribution in [0.4, 0.5) is 5.69 Å². The van der Waals surface area contributed by atoms with Gasteiger partial charge in [0.05, 0.1) is 11.3 Å². The number of anilines is 1. The fourth-order valence-electron chi connectivity index (χ4n) is 2.96. The van der Waals surface area contributed by atoms with Crippen molar-refractivity contribution in [2.24, 2.45) is 0 Å². The normalized spacial score (nSPS) is 10.5. The number of carboxylic acids is 1. The van der Waals surface area contributed by atoms with Gasteiger partial charge in [-0.25, -0.2) is 4.79 Å². The number of aromatic carboxylic acids is 1. The summed E-state index contributed by atoms with van der Waals surface area (Å²) in [7, 11) is 0. The van der Waals surface area contributed by atoms with Crippen molar-refractivity contribution in [1.82, 2.24) is 0 Å². The topological polar surface area (TPSA) is 66.4 Å². The number of hydrogen-bond donors (Lipinski definition) is 2. The Morgan fingerprint density at radius 3 is 1.81 bits per heavy atom. The monoisotopic (exact) mass is 345 g/mol.